The first kappa shape index (κ1) is 24.8. The second-order valence-corrected chi connectivity index (χ2v) is 9.65. The molecule has 0 radical (unpaired) electrons. The summed E-state index contributed by atoms with van der Waals surface area (Å²) in [5.74, 6) is 0.731. The number of pyridine rings is 1. The van der Waals surface area contributed by atoms with Gasteiger partial charge < -0.3 is 19.2 Å². The molecule has 37 heavy (non-hydrogen) atoms. The lowest BCUT2D eigenvalue weighted by molar-refractivity contribution is 0.00516. The van der Waals surface area contributed by atoms with Crippen LogP contribution in [-0.4, -0.2) is 42.7 Å². The molecule has 2 unspecified atom stereocenters. The third-order valence-electron chi connectivity index (χ3n) is 7.00. The molecule has 5 heteroatoms. The number of rotatable bonds is 9. The van der Waals surface area contributed by atoms with Crippen LogP contribution in [0, 0.1) is 0 Å². The molecular formula is C32H32N2O3. The Kier molecular flexibility index (Phi) is 7.08. The van der Waals surface area contributed by atoms with Gasteiger partial charge in [0, 0.05) is 29.8 Å². The summed E-state index contributed by atoms with van der Waals surface area (Å²) in [4.78, 5) is 6.76. The summed E-state index contributed by atoms with van der Waals surface area (Å²) in [6.45, 7) is 0.691. The van der Waals surface area contributed by atoms with Gasteiger partial charge in [-0.3, -0.25) is 0 Å². The summed E-state index contributed by atoms with van der Waals surface area (Å²) in [7, 11) is 5.68. The highest BCUT2D eigenvalue weighted by Gasteiger charge is 2.43. The molecule has 0 saturated heterocycles. The Hall–Kier alpha value is -3.93. The van der Waals surface area contributed by atoms with Gasteiger partial charge in [-0.15, -0.1) is 0 Å². The Morgan fingerprint density at radius 3 is 2.43 bits per heavy atom. The third-order valence-corrected chi connectivity index (χ3v) is 7.00. The van der Waals surface area contributed by atoms with E-state index in [2.05, 4.69) is 40.2 Å². The molecular weight excluding hydrogens is 460 g/mol. The monoisotopic (exact) mass is 492 g/mol. The molecule has 1 N–H and O–H groups in total. The average molecular weight is 493 g/mol. The third kappa shape index (κ3) is 4.88. The quantitative estimate of drug-likeness (QED) is 0.255. The molecule has 3 aromatic carbocycles. The van der Waals surface area contributed by atoms with Crippen LogP contribution in [0.1, 0.15) is 29.0 Å². The van der Waals surface area contributed by atoms with Crippen molar-refractivity contribution < 1.29 is 14.3 Å². The molecule has 2 aromatic heterocycles. The van der Waals surface area contributed by atoms with Crippen LogP contribution < -0.4 is 4.74 Å². The fourth-order valence-electron chi connectivity index (χ4n) is 5.21. The Morgan fingerprint density at radius 2 is 1.70 bits per heavy atom. The van der Waals surface area contributed by atoms with Gasteiger partial charge in [0.1, 0.15) is 11.4 Å². The summed E-state index contributed by atoms with van der Waals surface area (Å²) < 4.78 is 11.5. The average Bonchev–Trinajstić information content (AvgIpc) is 3.47. The smallest absolute Gasteiger partial charge is 0.217 e. The van der Waals surface area contributed by atoms with Crippen molar-refractivity contribution in [2.75, 3.05) is 27.7 Å². The number of ether oxygens (including phenoxy) is 1. The van der Waals surface area contributed by atoms with E-state index in [9.17, 15) is 5.11 Å². The number of methoxy groups -OCH3 is 1. The number of aliphatic hydroxyl groups is 1. The summed E-state index contributed by atoms with van der Waals surface area (Å²) >= 11 is 0. The van der Waals surface area contributed by atoms with Crippen molar-refractivity contribution in [3.63, 3.8) is 0 Å². The zero-order valence-electron chi connectivity index (χ0n) is 21.5. The van der Waals surface area contributed by atoms with Crippen molar-refractivity contribution in [1.82, 2.24) is 9.88 Å². The molecule has 2 atom stereocenters. The molecule has 188 valence electrons. The highest BCUT2D eigenvalue weighted by molar-refractivity contribution is 5.86. The summed E-state index contributed by atoms with van der Waals surface area (Å²) in [5.41, 5.74) is 2.22. The van der Waals surface area contributed by atoms with Crippen molar-refractivity contribution in [1.29, 1.82) is 0 Å². The van der Waals surface area contributed by atoms with E-state index in [1.165, 1.54) is 0 Å². The lowest BCUT2D eigenvalue weighted by Gasteiger charge is -2.39. The van der Waals surface area contributed by atoms with Crippen molar-refractivity contribution >= 4 is 10.8 Å². The number of aromatic nitrogens is 1. The topological polar surface area (TPSA) is 58.7 Å². The second kappa shape index (κ2) is 10.6. The van der Waals surface area contributed by atoms with Gasteiger partial charge in [0.15, 0.2) is 0 Å². The van der Waals surface area contributed by atoms with Gasteiger partial charge in [0.05, 0.1) is 13.4 Å². The molecule has 0 bridgehead atoms. The number of hydrogen-bond acceptors (Lipinski definition) is 5. The molecule has 0 amide bonds. The van der Waals surface area contributed by atoms with Gasteiger partial charge in [-0.05, 0) is 60.6 Å². The first-order valence-electron chi connectivity index (χ1n) is 12.5. The summed E-state index contributed by atoms with van der Waals surface area (Å²) in [6, 6.07) is 30.3. The first-order valence-corrected chi connectivity index (χ1v) is 12.5. The van der Waals surface area contributed by atoms with Crippen LogP contribution in [0.2, 0.25) is 0 Å². The van der Waals surface area contributed by atoms with E-state index < -0.39 is 11.5 Å². The zero-order valence-corrected chi connectivity index (χ0v) is 21.5. The maximum absolute atomic E-state index is 13.0. The maximum atomic E-state index is 13.0. The van der Waals surface area contributed by atoms with Gasteiger partial charge in [-0.25, -0.2) is 4.98 Å². The Morgan fingerprint density at radius 1 is 0.946 bits per heavy atom. The van der Waals surface area contributed by atoms with Crippen LogP contribution in [0.5, 0.6) is 5.88 Å². The largest absolute Gasteiger partial charge is 0.481 e. The number of nitrogens with zero attached hydrogens (tertiary/aromatic N) is 2. The van der Waals surface area contributed by atoms with Gasteiger partial charge in [-0.2, -0.15) is 0 Å². The highest BCUT2D eigenvalue weighted by atomic mass is 16.5. The minimum absolute atomic E-state index is 0.461. The van der Waals surface area contributed by atoms with E-state index in [1.807, 2.05) is 74.8 Å². The first-order chi connectivity index (χ1) is 18.0. The van der Waals surface area contributed by atoms with E-state index in [-0.39, 0.29) is 0 Å². The lowest BCUT2D eigenvalue weighted by Crippen LogP contribution is -2.38. The van der Waals surface area contributed by atoms with Gasteiger partial charge in [-0.1, -0.05) is 72.8 Å². The molecule has 0 spiro atoms. The highest BCUT2D eigenvalue weighted by Crippen LogP contribution is 2.49. The van der Waals surface area contributed by atoms with E-state index in [0.717, 1.165) is 33.0 Å². The van der Waals surface area contributed by atoms with Crippen LogP contribution in [0.3, 0.4) is 0 Å². The predicted octanol–water partition coefficient (Wildman–Crippen LogP) is 6.47. The van der Waals surface area contributed by atoms with Crippen LogP contribution in [0.15, 0.2) is 108 Å². The Labute approximate surface area is 218 Å². The van der Waals surface area contributed by atoms with Crippen molar-refractivity contribution in [2.24, 2.45) is 0 Å². The molecule has 0 saturated carbocycles. The van der Waals surface area contributed by atoms with E-state index in [4.69, 9.17) is 9.15 Å². The standard InChI is InChI=1S/C32H32N2O3/c1-34(2)19-18-32(35,28-16-9-14-23-11-7-8-15-26(23)28)30(24-12-5-4-6-13-24)27-21-25(22-33-31(27)36-3)29-17-10-20-37-29/h4-17,20-22,30,35H,18-19H2,1-3H3. The molecule has 0 aliphatic rings. The zero-order chi connectivity index (χ0) is 25.8. The van der Waals surface area contributed by atoms with Gasteiger partial charge in [0.2, 0.25) is 5.88 Å². The Balaban J connectivity index is 1.81. The number of fused-ring (bicyclic) bond motifs is 1. The Bertz CT molecular complexity index is 1460. The molecule has 0 fully saturated rings. The van der Waals surface area contributed by atoms with Crippen LogP contribution >= 0.6 is 0 Å². The van der Waals surface area contributed by atoms with Crippen LogP contribution in [-0.2, 0) is 5.60 Å². The number of furan rings is 1. The molecule has 2 heterocycles. The molecule has 5 nitrogen and oxygen atoms in total. The van der Waals surface area contributed by atoms with E-state index >= 15 is 0 Å². The fraction of sp³-hybridized carbons (Fsp3) is 0.219. The number of benzene rings is 3. The summed E-state index contributed by atoms with van der Waals surface area (Å²) in [6.07, 6.45) is 3.90. The van der Waals surface area contributed by atoms with E-state index in [0.29, 0.717) is 24.6 Å². The maximum Gasteiger partial charge on any atom is 0.217 e. The van der Waals surface area contributed by atoms with Gasteiger partial charge in [0.25, 0.3) is 0 Å². The van der Waals surface area contributed by atoms with Crippen LogP contribution in [0.4, 0.5) is 0 Å². The van der Waals surface area contributed by atoms with Crippen molar-refractivity contribution in [3.05, 3.63) is 120 Å². The molecule has 0 aliphatic heterocycles. The predicted molar refractivity (Wildman–Crippen MR) is 148 cm³/mol. The van der Waals surface area contributed by atoms with E-state index in [1.54, 1.807) is 19.6 Å². The molecule has 5 rings (SSSR count). The normalized spacial score (nSPS) is 14.0. The lowest BCUT2D eigenvalue weighted by atomic mass is 9.70. The molecule has 0 aliphatic carbocycles. The fourth-order valence-corrected chi connectivity index (χ4v) is 5.21. The summed E-state index contributed by atoms with van der Waals surface area (Å²) in [5, 5.41) is 15.1. The van der Waals surface area contributed by atoms with Crippen LogP contribution in [0.25, 0.3) is 22.1 Å². The minimum Gasteiger partial charge on any atom is -0.481 e. The molecule has 5 aromatic rings. The van der Waals surface area contributed by atoms with Gasteiger partial charge >= 0.3 is 0 Å². The number of hydrogen-bond donors (Lipinski definition) is 1. The van der Waals surface area contributed by atoms with Crippen molar-refractivity contribution in [3.8, 4) is 17.2 Å². The SMILES string of the molecule is COc1ncc(-c2ccco2)cc1C(c1ccccc1)C(O)(CCN(C)C)c1cccc2ccccc12. The minimum atomic E-state index is -1.27. The second-order valence-electron chi connectivity index (χ2n) is 9.65. The van der Waals surface area contributed by atoms with Crippen molar-refractivity contribution in [2.45, 2.75) is 17.9 Å².